The van der Waals surface area contributed by atoms with Gasteiger partial charge in [-0.15, -0.1) is 0 Å². The monoisotopic (exact) mass is 208 g/mol. The number of carboxylic acid groups (broad SMARTS) is 1. The number of carboxylic acids is 1. The zero-order chi connectivity index (χ0) is 11.2. The predicted octanol–water partition coefficient (Wildman–Crippen LogP) is 1.73. The predicted molar refractivity (Wildman–Crippen MR) is 55.5 cm³/mol. The summed E-state index contributed by atoms with van der Waals surface area (Å²) < 4.78 is 2.02. The fraction of sp³-hybridized carbons (Fsp3) is 0.636. The topological polar surface area (TPSA) is 55.1 Å². The van der Waals surface area contributed by atoms with Crippen molar-refractivity contribution in [2.75, 3.05) is 0 Å². The van der Waals surface area contributed by atoms with Crippen LogP contribution in [0.5, 0.6) is 0 Å². The first-order valence-electron chi connectivity index (χ1n) is 5.23. The van der Waals surface area contributed by atoms with Crippen molar-refractivity contribution in [2.45, 2.75) is 33.2 Å². The summed E-state index contributed by atoms with van der Waals surface area (Å²) in [4.78, 5) is 15.1. The minimum atomic E-state index is -0.700. The van der Waals surface area contributed by atoms with E-state index in [1.165, 1.54) is 0 Å². The van der Waals surface area contributed by atoms with E-state index in [1.807, 2.05) is 25.3 Å². The maximum Gasteiger partial charge on any atom is 0.307 e. The van der Waals surface area contributed by atoms with Crippen LogP contribution in [0.4, 0.5) is 0 Å². The Balaban J connectivity index is 2.31. The van der Waals surface area contributed by atoms with E-state index >= 15 is 0 Å². The molecule has 0 aromatic carbocycles. The van der Waals surface area contributed by atoms with Crippen LogP contribution >= 0.6 is 0 Å². The molecule has 2 atom stereocenters. The summed E-state index contributed by atoms with van der Waals surface area (Å²) in [7, 11) is 0. The van der Waals surface area contributed by atoms with Crippen LogP contribution in [-0.4, -0.2) is 20.6 Å². The van der Waals surface area contributed by atoms with Crippen LogP contribution in [0.2, 0.25) is 0 Å². The largest absolute Gasteiger partial charge is 0.481 e. The fourth-order valence-corrected chi connectivity index (χ4v) is 2.50. The average Bonchev–Trinajstić information content (AvgIpc) is 2.58. The third-order valence-electron chi connectivity index (χ3n) is 3.50. The number of rotatable bonds is 3. The average molecular weight is 208 g/mol. The van der Waals surface area contributed by atoms with Gasteiger partial charge < -0.3 is 9.67 Å². The van der Waals surface area contributed by atoms with E-state index in [1.54, 1.807) is 12.5 Å². The van der Waals surface area contributed by atoms with Crippen molar-refractivity contribution in [3.05, 3.63) is 18.2 Å². The van der Waals surface area contributed by atoms with Gasteiger partial charge in [-0.25, -0.2) is 4.98 Å². The quantitative estimate of drug-likeness (QED) is 0.823. The first-order valence-corrected chi connectivity index (χ1v) is 5.23. The Bertz CT molecular complexity index is 395. The molecule has 4 nitrogen and oxygen atoms in total. The van der Waals surface area contributed by atoms with Gasteiger partial charge in [0.05, 0.1) is 12.2 Å². The molecule has 1 aliphatic rings. The first-order chi connectivity index (χ1) is 7.00. The molecule has 0 unspecified atom stereocenters. The molecule has 1 aromatic heterocycles. The van der Waals surface area contributed by atoms with Crippen molar-refractivity contribution < 1.29 is 9.90 Å². The molecule has 1 heterocycles. The molecule has 2 rings (SSSR count). The number of carbonyl (C=O) groups is 1. The van der Waals surface area contributed by atoms with Gasteiger partial charge >= 0.3 is 5.97 Å². The van der Waals surface area contributed by atoms with Crippen LogP contribution < -0.4 is 0 Å². The van der Waals surface area contributed by atoms with E-state index in [4.69, 9.17) is 5.11 Å². The van der Waals surface area contributed by atoms with Crippen molar-refractivity contribution in [2.24, 2.45) is 11.3 Å². The SMILES string of the molecule is CCn1cncc1[C@H]1[C@H](C(=O)O)C1(C)C. The van der Waals surface area contributed by atoms with Crippen molar-refractivity contribution in [3.63, 3.8) is 0 Å². The highest BCUT2D eigenvalue weighted by atomic mass is 16.4. The number of aliphatic carboxylic acids is 1. The molecular formula is C11H16N2O2. The van der Waals surface area contributed by atoms with Gasteiger partial charge in [0, 0.05) is 24.4 Å². The molecular weight excluding hydrogens is 192 g/mol. The van der Waals surface area contributed by atoms with Crippen LogP contribution in [0, 0.1) is 11.3 Å². The van der Waals surface area contributed by atoms with E-state index in [0.717, 1.165) is 12.2 Å². The molecule has 4 heteroatoms. The summed E-state index contributed by atoms with van der Waals surface area (Å²) in [6.07, 6.45) is 3.56. The molecule has 1 fully saturated rings. The second-order valence-corrected chi connectivity index (χ2v) is 4.72. The van der Waals surface area contributed by atoms with Gasteiger partial charge in [-0.1, -0.05) is 13.8 Å². The summed E-state index contributed by atoms with van der Waals surface area (Å²) in [6.45, 7) is 6.89. The van der Waals surface area contributed by atoms with Crippen molar-refractivity contribution in [3.8, 4) is 0 Å². The number of aryl methyl sites for hydroxylation is 1. The molecule has 1 N–H and O–H groups in total. The third-order valence-corrected chi connectivity index (χ3v) is 3.50. The molecule has 0 amide bonds. The molecule has 1 aromatic rings. The summed E-state index contributed by atoms with van der Waals surface area (Å²) in [5.74, 6) is -0.856. The lowest BCUT2D eigenvalue weighted by molar-refractivity contribution is -0.139. The van der Waals surface area contributed by atoms with Gasteiger partial charge in [0.2, 0.25) is 0 Å². The molecule has 15 heavy (non-hydrogen) atoms. The summed E-state index contributed by atoms with van der Waals surface area (Å²) in [5.41, 5.74) is 0.911. The Labute approximate surface area is 88.9 Å². The van der Waals surface area contributed by atoms with E-state index < -0.39 is 5.97 Å². The number of hydrogen-bond acceptors (Lipinski definition) is 2. The van der Waals surface area contributed by atoms with Crippen LogP contribution in [0.3, 0.4) is 0 Å². The fourth-order valence-electron chi connectivity index (χ4n) is 2.50. The Hall–Kier alpha value is -1.32. The van der Waals surface area contributed by atoms with E-state index in [9.17, 15) is 4.79 Å². The Morgan fingerprint density at radius 1 is 1.67 bits per heavy atom. The zero-order valence-electron chi connectivity index (χ0n) is 9.27. The molecule has 0 aliphatic heterocycles. The second kappa shape index (κ2) is 3.08. The normalized spacial score (nSPS) is 27.7. The lowest BCUT2D eigenvalue weighted by Gasteiger charge is -2.05. The molecule has 82 valence electrons. The highest BCUT2D eigenvalue weighted by Gasteiger charge is 2.63. The summed E-state index contributed by atoms with van der Waals surface area (Å²) >= 11 is 0. The zero-order valence-corrected chi connectivity index (χ0v) is 9.27. The van der Waals surface area contributed by atoms with Crippen molar-refractivity contribution in [1.29, 1.82) is 0 Å². The number of aromatic nitrogens is 2. The van der Waals surface area contributed by atoms with Gasteiger partial charge in [-0.2, -0.15) is 0 Å². The maximum atomic E-state index is 11.1. The molecule has 0 radical (unpaired) electrons. The van der Waals surface area contributed by atoms with E-state index in [2.05, 4.69) is 4.98 Å². The standard InChI is InChI=1S/C11H16N2O2/c1-4-13-6-12-5-7(13)8-9(10(14)15)11(8,2)3/h5-6,8-9H,4H2,1-3H3,(H,14,15)/t8-,9+/m0/s1. The van der Waals surface area contributed by atoms with Gasteiger partial charge in [0.15, 0.2) is 0 Å². The van der Waals surface area contributed by atoms with Crippen molar-refractivity contribution >= 4 is 5.97 Å². The number of nitrogens with zero attached hydrogens (tertiary/aromatic N) is 2. The molecule has 1 aliphatic carbocycles. The summed E-state index contributed by atoms with van der Waals surface area (Å²) in [5, 5.41) is 9.09. The van der Waals surface area contributed by atoms with Gasteiger partial charge in [-0.3, -0.25) is 4.79 Å². The second-order valence-electron chi connectivity index (χ2n) is 4.72. The van der Waals surface area contributed by atoms with Crippen molar-refractivity contribution in [1.82, 2.24) is 9.55 Å². The molecule has 0 bridgehead atoms. The number of hydrogen-bond donors (Lipinski definition) is 1. The Kier molecular flexibility index (Phi) is 2.10. The first kappa shape index (κ1) is 10.2. The van der Waals surface area contributed by atoms with Crippen LogP contribution in [0.25, 0.3) is 0 Å². The Morgan fingerprint density at radius 3 is 2.80 bits per heavy atom. The van der Waals surface area contributed by atoms with Crippen LogP contribution in [0.15, 0.2) is 12.5 Å². The summed E-state index contributed by atoms with van der Waals surface area (Å²) in [6, 6.07) is 0. The van der Waals surface area contributed by atoms with Gasteiger partial charge in [0.25, 0.3) is 0 Å². The Morgan fingerprint density at radius 2 is 2.33 bits per heavy atom. The minimum absolute atomic E-state index is 0.109. The minimum Gasteiger partial charge on any atom is -0.481 e. The van der Waals surface area contributed by atoms with Gasteiger partial charge in [-0.05, 0) is 12.3 Å². The van der Waals surface area contributed by atoms with E-state index in [0.29, 0.717) is 0 Å². The third kappa shape index (κ3) is 1.35. The van der Waals surface area contributed by atoms with Crippen LogP contribution in [-0.2, 0) is 11.3 Å². The molecule has 0 spiro atoms. The molecule has 0 saturated heterocycles. The van der Waals surface area contributed by atoms with E-state index in [-0.39, 0.29) is 17.3 Å². The molecule has 1 saturated carbocycles. The maximum absolute atomic E-state index is 11.1. The lowest BCUT2D eigenvalue weighted by atomic mass is 10.1. The smallest absolute Gasteiger partial charge is 0.307 e. The highest BCUT2D eigenvalue weighted by Crippen LogP contribution is 2.64. The number of imidazole rings is 1. The van der Waals surface area contributed by atoms with Gasteiger partial charge in [0.1, 0.15) is 0 Å². The lowest BCUT2D eigenvalue weighted by Crippen LogP contribution is -2.03. The van der Waals surface area contributed by atoms with Crippen LogP contribution in [0.1, 0.15) is 32.4 Å². The highest BCUT2D eigenvalue weighted by molar-refractivity contribution is 5.77.